The second kappa shape index (κ2) is 2.47. The number of nitrogens with two attached hydrogens (primary N) is 1. The molecule has 0 heterocycles. The van der Waals surface area contributed by atoms with E-state index < -0.39 is 0 Å². The summed E-state index contributed by atoms with van der Waals surface area (Å²) in [6, 6.07) is 0. The molecular formula is C7H14ClN. The predicted octanol–water partition coefficient (Wildman–Crippen LogP) is 1.41. The molecule has 0 radical (unpaired) electrons. The molecule has 0 amide bonds. The number of fused-ring (bicyclic) bond motifs is 1. The number of rotatable bonds is 1. The fourth-order valence-electron chi connectivity index (χ4n) is 2.15. The number of halogens is 1. The van der Waals surface area contributed by atoms with Crippen molar-refractivity contribution in [2.24, 2.45) is 23.5 Å². The fraction of sp³-hybridized carbons (Fsp3) is 1.00. The van der Waals surface area contributed by atoms with Gasteiger partial charge in [-0.3, -0.25) is 0 Å². The van der Waals surface area contributed by atoms with Crippen LogP contribution < -0.4 is 5.73 Å². The van der Waals surface area contributed by atoms with Crippen LogP contribution in [0.1, 0.15) is 19.3 Å². The molecule has 0 aromatic carbocycles. The monoisotopic (exact) mass is 147 g/mol. The minimum absolute atomic E-state index is 0. The Kier molecular flexibility index (Phi) is 2.02. The summed E-state index contributed by atoms with van der Waals surface area (Å²) in [5.74, 6) is 3.11. The third kappa shape index (κ3) is 0.870. The summed E-state index contributed by atoms with van der Waals surface area (Å²) in [7, 11) is 0. The Balaban J connectivity index is 0.000000405. The van der Waals surface area contributed by atoms with E-state index in [9.17, 15) is 0 Å². The molecule has 0 aromatic heterocycles. The Hall–Kier alpha value is 0.250. The van der Waals surface area contributed by atoms with Gasteiger partial charge in [0.15, 0.2) is 0 Å². The smallest absolute Gasteiger partial charge is 0.00460 e. The van der Waals surface area contributed by atoms with Crippen LogP contribution >= 0.6 is 12.4 Å². The van der Waals surface area contributed by atoms with Crippen molar-refractivity contribution in [2.75, 3.05) is 6.54 Å². The van der Waals surface area contributed by atoms with E-state index in [0.717, 1.165) is 24.3 Å². The molecule has 0 aromatic rings. The number of hydrogen-bond donors (Lipinski definition) is 1. The number of hydrogen-bond acceptors (Lipinski definition) is 1. The van der Waals surface area contributed by atoms with Gasteiger partial charge in [-0.25, -0.2) is 0 Å². The van der Waals surface area contributed by atoms with Crippen LogP contribution in [0.5, 0.6) is 0 Å². The lowest BCUT2D eigenvalue weighted by Crippen LogP contribution is -2.47. The van der Waals surface area contributed by atoms with Crippen molar-refractivity contribution in [2.45, 2.75) is 19.3 Å². The van der Waals surface area contributed by atoms with Gasteiger partial charge in [0.1, 0.15) is 0 Å². The topological polar surface area (TPSA) is 26.0 Å². The van der Waals surface area contributed by atoms with E-state index in [2.05, 4.69) is 0 Å². The average Bonchev–Trinajstić information content (AvgIpc) is 1.76. The van der Waals surface area contributed by atoms with Crippen LogP contribution in [-0.4, -0.2) is 6.54 Å². The van der Waals surface area contributed by atoms with Gasteiger partial charge < -0.3 is 5.73 Å². The standard InChI is InChI=1S/C7H13N.ClH/c8-4-6-3-5-1-2-7(5)6;/h5-7H,1-4,8H2;1H. The van der Waals surface area contributed by atoms with Gasteiger partial charge >= 0.3 is 0 Å². The molecule has 9 heavy (non-hydrogen) atoms. The quantitative estimate of drug-likeness (QED) is 0.597. The van der Waals surface area contributed by atoms with Crippen LogP contribution in [0.15, 0.2) is 0 Å². The van der Waals surface area contributed by atoms with Crippen molar-refractivity contribution in [1.82, 2.24) is 0 Å². The average molecular weight is 148 g/mol. The zero-order chi connectivity index (χ0) is 5.56. The molecule has 0 spiro atoms. The van der Waals surface area contributed by atoms with E-state index in [4.69, 9.17) is 5.73 Å². The van der Waals surface area contributed by atoms with Crippen LogP contribution in [0.25, 0.3) is 0 Å². The summed E-state index contributed by atoms with van der Waals surface area (Å²) in [4.78, 5) is 0. The third-order valence-electron chi connectivity index (χ3n) is 2.99. The van der Waals surface area contributed by atoms with E-state index in [0.29, 0.717) is 0 Å². The van der Waals surface area contributed by atoms with E-state index >= 15 is 0 Å². The van der Waals surface area contributed by atoms with E-state index in [1.165, 1.54) is 19.3 Å². The highest BCUT2D eigenvalue weighted by Gasteiger charge is 2.45. The molecule has 2 rings (SSSR count). The zero-order valence-corrected chi connectivity index (χ0v) is 6.36. The Morgan fingerprint density at radius 2 is 2.11 bits per heavy atom. The van der Waals surface area contributed by atoms with Gasteiger partial charge in [0.2, 0.25) is 0 Å². The van der Waals surface area contributed by atoms with Crippen molar-refractivity contribution in [1.29, 1.82) is 0 Å². The van der Waals surface area contributed by atoms with Crippen molar-refractivity contribution < 1.29 is 0 Å². The molecule has 54 valence electrons. The summed E-state index contributed by atoms with van der Waals surface area (Å²) >= 11 is 0. The van der Waals surface area contributed by atoms with Crippen LogP contribution in [0.2, 0.25) is 0 Å². The second-order valence-corrected chi connectivity index (χ2v) is 3.23. The van der Waals surface area contributed by atoms with Gasteiger partial charge in [0.05, 0.1) is 0 Å². The highest BCUT2D eigenvalue weighted by molar-refractivity contribution is 5.85. The van der Waals surface area contributed by atoms with Gasteiger partial charge in [-0.2, -0.15) is 0 Å². The minimum atomic E-state index is 0. The highest BCUT2D eigenvalue weighted by atomic mass is 35.5. The highest BCUT2D eigenvalue weighted by Crippen LogP contribution is 2.53. The molecule has 2 fully saturated rings. The Labute approximate surface area is 62.4 Å². The van der Waals surface area contributed by atoms with E-state index in [1.807, 2.05) is 0 Å². The first-order valence-corrected chi connectivity index (χ1v) is 3.62. The maximum absolute atomic E-state index is 5.52. The fourth-order valence-corrected chi connectivity index (χ4v) is 2.15. The molecular weight excluding hydrogens is 134 g/mol. The van der Waals surface area contributed by atoms with Gasteiger partial charge in [-0.1, -0.05) is 0 Å². The van der Waals surface area contributed by atoms with Crippen LogP contribution in [0, 0.1) is 17.8 Å². The van der Waals surface area contributed by atoms with Crippen LogP contribution in [0.3, 0.4) is 0 Å². The molecule has 1 nitrogen and oxygen atoms in total. The molecule has 3 atom stereocenters. The molecule has 0 saturated heterocycles. The molecule has 0 bridgehead atoms. The Bertz CT molecular complexity index is 103. The summed E-state index contributed by atoms with van der Waals surface area (Å²) < 4.78 is 0. The minimum Gasteiger partial charge on any atom is -0.330 e. The molecule has 2 aliphatic rings. The summed E-state index contributed by atoms with van der Waals surface area (Å²) in [5.41, 5.74) is 5.52. The first-order chi connectivity index (χ1) is 3.92. The molecule has 2 N–H and O–H groups in total. The molecule has 2 aliphatic carbocycles. The lowest BCUT2D eigenvalue weighted by atomic mass is 9.53. The van der Waals surface area contributed by atoms with Crippen molar-refractivity contribution >= 4 is 12.4 Å². The van der Waals surface area contributed by atoms with Crippen LogP contribution in [-0.2, 0) is 0 Å². The third-order valence-corrected chi connectivity index (χ3v) is 2.99. The predicted molar refractivity (Wildman–Crippen MR) is 40.6 cm³/mol. The summed E-state index contributed by atoms with van der Waals surface area (Å²) in [6.07, 6.45) is 4.43. The zero-order valence-electron chi connectivity index (χ0n) is 5.55. The van der Waals surface area contributed by atoms with E-state index in [-0.39, 0.29) is 12.4 Å². The molecule has 3 unspecified atom stereocenters. The maximum atomic E-state index is 5.52. The normalized spacial score (nSPS) is 45.7. The van der Waals surface area contributed by atoms with Crippen molar-refractivity contribution in [3.05, 3.63) is 0 Å². The van der Waals surface area contributed by atoms with Crippen molar-refractivity contribution in [3.63, 3.8) is 0 Å². The molecule has 2 heteroatoms. The molecule has 0 aliphatic heterocycles. The van der Waals surface area contributed by atoms with Gasteiger partial charge in [0, 0.05) is 0 Å². The second-order valence-electron chi connectivity index (χ2n) is 3.23. The lowest BCUT2D eigenvalue weighted by molar-refractivity contribution is -0.0193. The van der Waals surface area contributed by atoms with Crippen molar-refractivity contribution in [3.8, 4) is 0 Å². The van der Waals surface area contributed by atoms with Gasteiger partial charge in [-0.05, 0) is 43.6 Å². The lowest BCUT2D eigenvalue weighted by Gasteiger charge is -2.52. The van der Waals surface area contributed by atoms with Crippen LogP contribution in [0.4, 0.5) is 0 Å². The van der Waals surface area contributed by atoms with Gasteiger partial charge in [0.25, 0.3) is 0 Å². The maximum Gasteiger partial charge on any atom is -0.00460 e. The Morgan fingerprint density at radius 1 is 1.33 bits per heavy atom. The SMILES string of the molecule is Cl.NCC1CC2CCC12. The first-order valence-electron chi connectivity index (χ1n) is 3.62. The van der Waals surface area contributed by atoms with E-state index in [1.54, 1.807) is 0 Å². The summed E-state index contributed by atoms with van der Waals surface area (Å²) in [6.45, 7) is 0.946. The van der Waals surface area contributed by atoms with Gasteiger partial charge in [-0.15, -0.1) is 12.4 Å². The summed E-state index contributed by atoms with van der Waals surface area (Å²) in [5, 5.41) is 0. The Morgan fingerprint density at radius 3 is 2.22 bits per heavy atom. The molecule has 2 saturated carbocycles. The largest absolute Gasteiger partial charge is 0.330 e. The first kappa shape index (κ1) is 7.36.